The van der Waals surface area contributed by atoms with Crippen molar-refractivity contribution in [2.75, 3.05) is 18.2 Å². The first kappa shape index (κ1) is 8.00. The van der Waals surface area contributed by atoms with E-state index in [0.717, 1.165) is 29.9 Å². The lowest BCUT2D eigenvalue weighted by atomic mass is 10.4. The summed E-state index contributed by atoms with van der Waals surface area (Å²) in [5.41, 5.74) is 0.475. The fraction of sp³-hybridized carbons (Fsp3) is 0.500. The van der Waals surface area contributed by atoms with Crippen molar-refractivity contribution >= 4 is 29.4 Å². The highest BCUT2D eigenvalue weighted by molar-refractivity contribution is 7.99. The summed E-state index contributed by atoms with van der Waals surface area (Å²) in [4.78, 5) is 13.3. The molecule has 0 unspecified atom stereocenters. The third-order valence-corrected chi connectivity index (χ3v) is 3.06. The highest BCUT2D eigenvalue weighted by Gasteiger charge is 2.21. The SMILES string of the molecule is O=C(c1cnsn1)N1CCSC1. The third-order valence-electron chi connectivity index (χ3n) is 1.62. The normalized spacial score (nSPS) is 16.8. The molecule has 2 heterocycles. The van der Waals surface area contributed by atoms with Gasteiger partial charge in [-0.25, -0.2) is 0 Å². The molecular weight excluding hydrogens is 194 g/mol. The first-order valence-corrected chi connectivity index (χ1v) is 5.41. The van der Waals surface area contributed by atoms with Gasteiger partial charge < -0.3 is 4.90 Å². The lowest BCUT2D eigenvalue weighted by Gasteiger charge is -2.11. The van der Waals surface area contributed by atoms with Crippen molar-refractivity contribution < 1.29 is 4.79 Å². The van der Waals surface area contributed by atoms with Crippen LogP contribution in [0, 0.1) is 0 Å². The van der Waals surface area contributed by atoms with Gasteiger partial charge in [-0.3, -0.25) is 4.79 Å². The molecule has 0 bridgehead atoms. The van der Waals surface area contributed by atoms with E-state index in [9.17, 15) is 4.79 Å². The van der Waals surface area contributed by atoms with Crippen LogP contribution in [0.4, 0.5) is 0 Å². The molecule has 0 spiro atoms. The van der Waals surface area contributed by atoms with E-state index in [1.54, 1.807) is 16.7 Å². The molecule has 0 aliphatic carbocycles. The Bertz CT molecular complexity index is 268. The van der Waals surface area contributed by atoms with E-state index in [0.29, 0.717) is 5.69 Å². The van der Waals surface area contributed by atoms with E-state index in [2.05, 4.69) is 8.75 Å². The monoisotopic (exact) mass is 201 g/mol. The van der Waals surface area contributed by atoms with Crippen molar-refractivity contribution in [1.82, 2.24) is 13.6 Å². The van der Waals surface area contributed by atoms with Gasteiger partial charge in [-0.15, -0.1) is 11.8 Å². The zero-order valence-corrected chi connectivity index (χ0v) is 7.90. The van der Waals surface area contributed by atoms with Crippen molar-refractivity contribution in [1.29, 1.82) is 0 Å². The molecule has 1 aromatic rings. The van der Waals surface area contributed by atoms with E-state index in [-0.39, 0.29) is 5.91 Å². The smallest absolute Gasteiger partial charge is 0.275 e. The summed E-state index contributed by atoms with van der Waals surface area (Å²) in [7, 11) is 0. The molecular formula is C6H7N3OS2. The molecule has 1 fully saturated rings. The van der Waals surface area contributed by atoms with E-state index >= 15 is 0 Å². The molecule has 0 atom stereocenters. The minimum atomic E-state index is 0.00810. The van der Waals surface area contributed by atoms with Crippen LogP contribution in [0.15, 0.2) is 6.20 Å². The van der Waals surface area contributed by atoms with Crippen LogP contribution >= 0.6 is 23.5 Å². The maximum Gasteiger partial charge on any atom is 0.275 e. The van der Waals surface area contributed by atoms with E-state index in [1.165, 1.54) is 6.20 Å². The Morgan fingerprint density at radius 2 is 2.58 bits per heavy atom. The number of rotatable bonds is 1. The Kier molecular flexibility index (Phi) is 2.27. The van der Waals surface area contributed by atoms with Crippen molar-refractivity contribution in [2.24, 2.45) is 0 Å². The van der Waals surface area contributed by atoms with Gasteiger partial charge in [-0.1, -0.05) is 0 Å². The molecule has 1 aliphatic rings. The maximum atomic E-state index is 11.5. The number of nitrogens with zero attached hydrogens (tertiary/aromatic N) is 3. The minimum absolute atomic E-state index is 0.00810. The molecule has 1 amide bonds. The quantitative estimate of drug-likeness (QED) is 0.670. The summed E-state index contributed by atoms with van der Waals surface area (Å²) in [5.74, 6) is 1.83. The summed E-state index contributed by atoms with van der Waals surface area (Å²) in [6.07, 6.45) is 1.52. The van der Waals surface area contributed by atoms with Gasteiger partial charge in [0.2, 0.25) is 0 Å². The summed E-state index contributed by atoms with van der Waals surface area (Å²) >= 11 is 2.84. The fourth-order valence-electron chi connectivity index (χ4n) is 0.995. The number of thioether (sulfide) groups is 1. The highest BCUT2D eigenvalue weighted by Crippen LogP contribution is 2.15. The first-order valence-electron chi connectivity index (χ1n) is 3.52. The second-order valence-corrected chi connectivity index (χ2v) is 4.03. The lowest BCUT2D eigenvalue weighted by Crippen LogP contribution is -2.27. The zero-order valence-electron chi connectivity index (χ0n) is 6.27. The number of hydrogen-bond donors (Lipinski definition) is 0. The zero-order chi connectivity index (χ0) is 8.39. The van der Waals surface area contributed by atoms with Crippen LogP contribution in [-0.4, -0.2) is 37.7 Å². The molecule has 12 heavy (non-hydrogen) atoms. The number of aromatic nitrogens is 2. The maximum absolute atomic E-state index is 11.5. The average molecular weight is 201 g/mol. The summed E-state index contributed by atoms with van der Waals surface area (Å²) in [5, 5.41) is 0. The van der Waals surface area contributed by atoms with E-state index in [1.807, 2.05) is 0 Å². The molecule has 0 N–H and O–H groups in total. The van der Waals surface area contributed by atoms with Crippen molar-refractivity contribution in [2.45, 2.75) is 0 Å². The van der Waals surface area contributed by atoms with Gasteiger partial charge in [0.25, 0.3) is 5.91 Å². The van der Waals surface area contributed by atoms with Crippen LogP contribution in [0.3, 0.4) is 0 Å². The van der Waals surface area contributed by atoms with Crippen molar-refractivity contribution in [3.05, 3.63) is 11.9 Å². The first-order chi connectivity index (χ1) is 5.88. The molecule has 0 aromatic carbocycles. The Balaban J connectivity index is 2.09. The molecule has 0 radical (unpaired) electrons. The number of carbonyl (C=O) groups excluding carboxylic acids is 1. The fourth-order valence-corrected chi connectivity index (χ4v) is 2.35. The minimum Gasteiger partial charge on any atom is -0.327 e. The van der Waals surface area contributed by atoms with Gasteiger partial charge in [0.15, 0.2) is 5.69 Å². The van der Waals surface area contributed by atoms with Gasteiger partial charge in [-0.05, 0) is 0 Å². The van der Waals surface area contributed by atoms with Gasteiger partial charge >= 0.3 is 0 Å². The topological polar surface area (TPSA) is 46.1 Å². The predicted octanol–water partition coefficient (Wildman–Crippen LogP) is 0.685. The van der Waals surface area contributed by atoms with E-state index < -0.39 is 0 Å². The van der Waals surface area contributed by atoms with Gasteiger partial charge in [0.05, 0.1) is 23.8 Å². The summed E-state index contributed by atoms with van der Waals surface area (Å²) in [6.45, 7) is 0.834. The average Bonchev–Trinajstić information content (AvgIpc) is 2.77. The molecule has 1 aromatic heterocycles. The lowest BCUT2D eigenvalue weighted by molar-refractivity contribution is 0.0798. The summed E-state index contributed by atoms with van der Waals surface area (Å²) < 4.78 is 7.68. The third kappa shape index (κ3) is 1.44. The molecule has 1 saturated heterocycles. The van der Waals surface area contributed by atoms with Crippen molar-refractivity contribution in [3.63, 3.8) is 0 Å². The van der Waals surface area contributed by atoms with Crippen LogP contribution in [0.1, 0.15) is 10.5 Å². The standard InChI is InChI=1S/C6H7N3OS2/c10-6(5-3-7-12-8-5)9-1-2-11-4-9/h3H,1-2,4H2. The van der Waals surface area contributed by atoms with Crippen LogP contribution in [-0.2, 0) is 0 Å². The summed E-state index contributed by atoms with van der Waals surface area (Å²) in [6, 6.07) is 0. The van der Waals surface area contributed by atoms with Crippen LogP contribution in [0.25, 0.3) is 0 Å². The number of amides is 1. The Morgan fingerprint density at radius 3 is 3.17 bits per heavy atom. The van der Waals surface area contributed by atoms with Crippen LogP contribution in [0.2, 0.25) is 0 Å². The Morgan fingerprint density at radius 1 is 1.67 bits per heavy atom. The predicted molar refractivity (Wildman–Crippen MR) is 48.3 cm³/mol. The Hall–Kier alpha value is -0.620. The van der Waals surface area contributed by atoms with Gasteiger partial charge in [0.1, 0.15) is 0 Å². The van der Waals surface area contributed by atoms with Gasteiger partial charge in [0, 0.05) is 12.3 Å². The molecule has 64 valence electrons. The van der Waals surface area contributed by atoms with Gasteiger partial charge in [-0.2, -0.15) is 8.75 Å². The number of hydrogen-bond acceptors (Lipinski definition) is 5. The molecule has 6 heteroatoms. The Labute approximate surface area is 78.3 Å². The van der Waals surface area contributed by atoms with Crippen LogP contribution < -0.4 is 0 Å². The second kappa shape index (κ2) is 3.40. The molecule has 4 nitrogen and oxygen atoms in total. The van der Waals surface area contributed by atoms with E-state index in [4.69, 9.17) is 0 Å². The molecule has 0 saturated carbocycles. The highest BCUT2D eigenvalue weighted by atomic mass is 32.2. The molecule has 1 aliphatic heterocycles. The largest absolute Gasteiger partial charge is 0.327 e. The molecule has 2 rings (SSSR count). The second-order valence-electron chi connectivity index (χ2n) is 2.40. The number of carbonyl (C=O) groups is 1. The van der Waals surface area contributed by atoms with Crippen LogP contribution in [0.5, 0.6) is 0 Å². The van der Waals surface area contributed by atoms with Crippen molar-refractivity contribution in [3.8, 4) is 0 Å².